The van der Waals surface area contributed by atoms with Crippen molar-refractivity contribution in [2.45, 2.75) is 0 Å². The van der Waals surface area contributed by atoms with E-state index in [1.165, 1.54) is 12.1 Å². The van der Waals surface area contributed by atoms with Crippen molar-refractivity contribution >= 4 is 45.4 Å². The van der Waals surface area contributed by atoms with E-state index >= 15 is 0 Å². The van der Waals surface area contributed by atoms with E-state index in [2.05, 4.69) is 0 Å². The lowest BCUT2D eigenvalue weighted by Gasteiger charge is -2.18. The molecule has 0 amide bonds. The summed E-state index contributed by atoms with van der Waals surface area (Å²) in [5, 5.41) is 40.3. The van der Waals surface area contributed by atoms with E-state index in [4.69, 9.17) is 0 Å². The van der Waals surface area contributed by atoms with Gasteiger partial charge in [-0.15, -0.1) is 0 Å². The van der Waals surface area contributed by atoms with E-state index in [9.17, 15) is 39.6 Å². The molecule has 8 heteroatoms. The Hall–Kier alpha value is -4.72. The number of fused-ring (bicyclic) bond motifs is 2. The molecule has 0 aromatic heterocycles. The summed E-state index contributed by atoms with van der Waals surface area (Å²) in [6, 6.07) is 16.8. The summed E-state index contributed by atoms with van der Waals surface area (Å²) in [7, 11) is 0. The first-order chi connectivity index (χ1) is 15.2. The summed E-state index contributed by atoms with van der Waals surface area (Å²) in [4.78, 5) is 48.2. The molecule has 0 aliphatic heterocycles. The SMILES string of the molecule is O=C(O)c1c(C(=O)O)c(C(=O)O)c2c(-c3cccc4ccccc34)cccc2c1C(=O)O. The van der Waals surface area contributed by atoms with Crippen LogP contribution in [-0.2, 0) is 0 Å². The van der Waals surface area contributed by atoms with Crippen molar-refractivity contribution in [1.82, 2.24) is 0 Å². The molecule has 0 aliphatic carbocycles. The fourth-order valence-electron chi connectivity index (χ4n) is 4.09. The van der Waals surface area contributed by atoms with Crippen LogP contribution in [0.25, 0.3) is 32.7 Å². The van der Waals surface area contributed by atoms with Gasteiger partial charge in [-0.3, -0.25) is 0 Å². The second-order valence-electron chi connectivity index (χ2n) is 6.98. The van der Waals surface area contributed by atoms with Crippen molar-refractivity contribution < 1.29 is 39.6 Å². The van der Waals surface area contributed by atoms with Gasteiger partial charge in [0, 0.05) is 5.39 Å². The maximum absolute atomic E-state index is 12.2. The van der Waals surface area contributed by atoms with Gasteiger partial charge in [0.15, 0.2) is 0 Å². The van der Waals surface area contributed by atoms with Crippen molar-refractivity contribution in [2.24, 2.45) is 0 Å². The Bertz CT molecular complexity index is 1480. The van der Waals surface area contributed by atoms with Gasteiger partial charge >= 0.3 is 23.9 Å². The Kier molecular flexibility index (Phi) is 4.82. The topological polar surface area (TPSA) is 149 Å². The van der Waals surface area contributed by atoms with Gasteiger partial charge in [0.25, 0.3) is 0 Å². The largest absolute Gasteiger partial charge is 0.478 e. The van der Waals surface area contributed by atoms with Gasteiger partial charge in [-0.2, -0.15) is 0 Å². The van der Waals surface area contributed by atoms with Crippen molar-refractivity contribution in [2.75, 3.05) is 0 Å². The van der Waals surface area contributed by atoms with Gasteiger partial charge in [-0.25, -0.2) is 19.2 Å². The fourth-order valence-corrected chi connectivity index (χ4v) is 4.09. The average molecular weight is 430 g/mol. The van der Waals surface area contributed by atoms with Crippen LogP contribution in [0.4, 0.5) is 0 Å². The lowest BCUT2D eigenvalue weighted by Crippen LogP contribution is -2.20. The molecule has 4 N–H and O–H groups in total. The first-order valence-corrected chi connectivity index (χ1v) is 9.28. The van der Waals surface area contributed by atoms with E-state index in [1.54, 1.807) is 30.3 Å². The Balaban J connectivity index is 2.34. The number of carboxylic acids is 4. The Morgan fingerprint density at radius 1 is 0.469 bits per heavy atom. The lowest BCUT2D eigenvalue weighted by molar-refractivity contribution is 0.0621. The van der Waals surface area contributed by atoms with Gasteiger partial charge in [-0.1, -0.05) is 60.7 Å². The molecule has 0 saturated carbocycles. The molecule has 0 fully saturated rings. The number of aromatic carboxylic acids is 4. The zero-order valence-electron chi connectivity index (χ0n) is 16.2. The van der Waals surface area contributed by atoms with Gasteiger partial charge in [0.2, 0.25) is 0 Å². The van der Waals surface area contributed by atoms with Crippen molar-refractivity contribution in [1.29, 1.82) is 0 Å². The van der Waals surface area contributed by atoms with Crippen LogP contribution < -0.4 is 0 Å². The van der Waals surface area contributed by atoms with E-state index in [0.717, 1.165) is 10.8 Å². The number of rotatable bonds is 5. The van der Waals surface area contributed by atoms with Crippen LogP contribution in [0.3, 0.4) is 0 Å². The third-order valence-electron chi connectivity index (χ3n) is 5.27. The first-order valence-electron chi connectivity index (χ1n) is 9.28. The first kappa shape index (κ1) is 20.5. The van der Waals surface area contributed by atoms with E-state index in [-0.39, 0.29) is 16.3 Å². The normalized spacial score (nSPS) is 10.9. The molecular formula is C24H14O8. The molecule has 0 saturated heterocycles. The smallest absolute Gasteiger partial charge is 0.337 e. The number of hydrogen-bond acceptors (Lipinski definition) is 4. The minimum absolute atomic E-state index is 0.156. The highest BCUT2D eigenvalue weighted by Crippen LogP contribution is 2.40. The molecule has 4 aromatic rings. The number of carboxylic acid groups (broad SMARTS) is 4. The van der Waals surface area contributed by atoms with Crippen LogP contribution in [0, 0.1) is 0 Å². The van der Waals surface area contributed by atoms with Gasteiger partial charge in [0.05, 0.1) is 22.3 Å². The minimum Gasteiger partial charge on any atom is -0.478 e. The highest BCUT2D eigenvalue weighted by Gasteiger charge is 2.34. The highest BCUT2D eigenvalue weighted by atomic mass is 16.4. The predicted octanol–water partition coefficient (Wildman–Crippen LogP) is 4.45. The molecule has 158 valence electrons. The Morgan fingerprint density at radius 3 is 1.56 bits per heavy atom. The zero-order chi connectivity index (χ0) is 23.2. The molecule has 32 heavy (non-hydrogen) atoms. The van der Waals surface area contributed by atoms with Crippen LogP contribution in [0.2, 0.25) is 0 Å². The standard InChI is InChI=1S/C24H14O8/c25-21(26)17-15-10-4-9-14(13-8-3-6-11-5-1-2-7-12(11)13)16(15)18(22(27)28)20(24(31)32)19(17)23(29)30/h1-10H,(H,25,26)(H,27,28)(H,29,30)(H,31,32). The number of carbonyl (C=O) groups is 4. The molecule has 0 spiro atoms. The maximum atomic E-state index is 12.2. The zero-order valence-corrected chi connectivity index (χ0v) is 16.2. The van der Waals surface area contributed by atoms with Gasteiger partial charge in [0.1, 0.15) is 0 Å². The van der Waals surface area contributed by atoms with Crippen LogP contribution >= 0.6 is 0 Å². The summed E-state index contributed by atoms with van der Waals surface area (Å²) in [5.41, 5.74) is -2.89. The molecule has 8 nitrogen and oxygen atoms in total. The molecule has 0 aliphatic rings. The quantitative estimate of drug-likeness (QED) is 0.363. The number of benzene rings is 4. The molecule has 0 bridgehead atoms. The van der Waals surface area contributed by atoms with E-state index in [1.807, 2.05) is 18.2 Å². The summed E-state index contributed by atoms with van der Waals surface area (Å²) in [6.45, 7) is 0. The highest BCUT2D eigenvalue weighted by molar-refractivity contribution is 6.26. The Morgan fingerprint density at radius 2 is 0.938 bits per heavy atom. The van der Waals surface area contributed by atoms with Crippen molar-refractivity contribution in [3.63, 3.8) is 0 Å². The van der Waals surface area contributed by atoms with Gasteiger partial charge in [-0.05, 0) is 27.3 Å². The second-order valence-corrected chi connectivity index (χ2v) is 6.98. The summed E-state index contributed by atoms with van der Waals surface area (Å²) < 4.78 is 0. The summed E-state index contributed by atoms with van der Waals surface area (Å²) in [6.07, 6.45) is 0. The number of hydrogen-bond donors (Lipinski definition) is 4. The third kappa shape index (κ3) is 3.02. The molecule has 0 radical (unpaired) electrons. The second kappa shape index (κ2) is 7.51. The molecule has 4 rings (SSSR count). The van der Waals surface area contributed by atoms with Crippen LogP contribution in [0.5, 0.6) is 0 Å². The summed E-state index contributed by atoms with van der Waals surface area (Å²) in [5.74, 6) is -7.06. The molecule has 4 aromatic carbocycles. The average Bonchev–Trinajstić information content (AvgIpc) is 2.75. The molecule has 0 atom stereocenters. The van der Waals surface area contributed by atoms with Crippen molar-refractivity contribution in [3.8, 4) is 11.1 Å². The van der Waals surface area contributed by atoms with Crippen LogP contribution in [0.15, 0.2) is 60.7 Å². The van der Waals surface area contributed by atoms with Crippen molar-refractivity contribution in [3.05, 3.63) is 82.9 Å². The van der Waals surface area contributed by atoms with Crippen LogP contribution in [-0.4, -0.2) is 44.3 Å². The fraction of sp³-hybridized carbons (Fsp3) is 0. The maximum Gasteiger partial charge on any atom is 0.337 e. The van der Waals surface area contributed by atoms with E-state index < -0.39 is 46.1 Å². The predicted molar refractivity (Wildman–Crippen MR) is 115 cm³/mol. The minimum atomic E-state index is -1.85. The van der Waals surface area contributed by atoms with Crippen LogP contribution in [0.1, 0.15) is 41.4 Å². The molecular weight excluding hydrogens is 416 g/mol. The van der Waals surface area contributed by atoms with E-state index in [0.29, 0.717) is 5.56 Å². The third-order valence-corrected chi connectivity index (χ3v) is 5.27. The lowest BCUT2D eigenvalue weighted by atomic mass is 9.84. The van der Waals surface area contributed by atoms with Gasteiger partial charge < -0.3 is 20.4 Å². The monoisotopic (exact) mass is 430 g/mol. The molecule has 0 heterocycles. The molecule has 0 unspecified atom stereocenters. The summed E-state index contributed by atoms with van der Waals surface area (Å²) >= 11 is 0. The Labute approximate surface area is 179 Å².